The topological polar surface area (TPSA) is 46.6 Å². The normalized spacial score (nSPS) is 18.0. The second kappa shape index (κ2) is 4.98. The Morgan fingerprint density at radius 2 is 2.07 bits per heavy atom. The van der Waals surface area contributed by atoms with Crippen molar-refractivity contribution in [3.63, 3.8) is 0 Å². The van der Waals surface area contributed by atoms with Gasteiger partial charge in [-0.3, -0.25) is 4.79 Å². The van der Waals surface area contributed by atoms with E-state index in [0.717, 1.165) is 12.8 Å². The van der Waals surface area contributed by atoms with E-state index < -0.39 is 0 Å². The van der Waals surface area contributed by atoms with Gasteiger partial charge < -0.3 is 9.64 Å². The molecule has 0 aromatic rings. The molecule has 4 heteroatoms. The van der Waals surface area contributed by atoms with E-state index in [4.69, 9.17) is 4.74 Å². The molecule has 1 amide bonds. The summed E-state index contributed by atoms with van der Waals surface area (Å²) in [5.74, 6) is 0.304. The fourth-order valence-corrected chi connectivity index (χ4v) is 1.69. The van der Waals surface area contributed by atoms with Crippen molar-refractivity contribution in [1.82, 2.24) is 4.90 Å². The van der Waals surface area contributed by atoms with E-state index >= 15 is 0 Å². The fourth-order valence-electron chi connectivity index (χ4n) is 1.69. The lowest BCUT2D eigenvalue weighted by atomic mass is 9.94. The number of hydrogen-bond acceptors (Lipinski definition) is 3. The molecule has 80 valence electrons. The number of nitrogens with zero attached hydrogens (tertiary/aromatic N) is 1. The van der Waals surface area contributed by atoms with Crippen LogP contribution in [-0.2, 0) is 9.53 Å². The highest BCUT2D eigenvalue weighted by molar-refractivity contribution is 5.79. The van der Waals surface area contributed by atoms with Gasteiger partial charge in [0.05, 0.1) is 6.61 Å². The number of ketones is 1. The molecule has 0 N–H and O–H groups in total. The van der Waals surface area contributed by atoms with E-state index in [1.54, 1.807) is 18.9 Å². The van der Waals surface area contributed by atoms with Crippen LogP contribution in [0, 0.1) is 0 Å². The number of amides is 1. The van der Waals surface area contributed by atoms with E-state index in [9.17, 15) is 9.59 Å². The van der Waals surface area contributed by atoms with Gasteiger partial charge in [-0.15, -0.1) is 0 Å². The molecule has 0 aromatic carbocycles. The Morgan fingerprint density at radius 1 is 1.50 bits per heavy atom. The van der Waals surface area contributed by atoms with Crippen LogP contribution in [0.4, 0.5) is 4.79 Å². The first-order valence-electron chi connectivity index (χ1n) is 5.06. The summed E-state index contributed by atoms with van der Waals surface area (Å²) in [6, 6.07) is 0.173. The largest absolute Gasteiger partial charge is 0.450 e. The van der Waals surface area contributed by atoms with Gasteiger partial charge in [-0.1, -0.05) is 0 Å². The van der Waals surface area contributed by atoms with Crippen LogP contribution in [-0.4, -0.2) is 36.5 Å². The molecular weight excluding hydrogens is 182 g/mol. The van der Waals surface area contributed by atoms with Crippen LogP contribution in [0.5, 0.6) is 0 Å². The van der Waals surface area contributed by atoms with Crippen LogP contribution in [0.3, 0.4) is 0 Å². The molecule has 1 fully saturated rings. The average Bonchev–Trinajstić information content (AvgIpc) is 2.18. The number of carbonyl (C=O) groups excluding carboxylic acids is 2. The van der Waals surface area contributed by atoms with Crippen molar-refractivity contribution in [3.05, 3.63) is 0 Å². The number of carbonyl (C=O) groups is 2. The zero-order valence-corrected chi connectivity index (χ0v) is 8.78. The average molecular weight is 199 g/mol. The van der Waals surface area contributed by atoms with Crippen LogP contribution in [0.2, 0.25) is 0 Å². The van der Waals surface area contributed by atoms with Gasteiger partial charge in [0.25, 0.3) is 0 Å². The van der Waals surface area contributed by atoms with Crippen LogP contribution >= 0.6 is 0 Å². The molecule has 0 bridgehead atoms. The lowest BCUT2D eigenvalue weighted by Gasteiger charge is -2.29. The Bertz CT molecular complexity index is 217. The standard InChI is InChI=1S/C10H17NO3/c1-3-14-10(13)11(2)8-4-6-9(12)7-5-8/h8H,3-7H2,1-2H3. The molecule has 1 saturated carbocycles. The third-order valence-corrected chi connectivity index (χ3v) is 2.62. The summed E-state index contributed by atoms with van der Waals surface area (Å²) in [6.07, 6.45) is 2.44. The van der Waals surface area contributed by atoms with Gasteiger partial charge >= 0.3 is 6.09 Å². The van der Waals surface area contributed by atoms with Crippen molar-refractivity contribution >= 4 is 11.9 Å². The molecule has 1 rings (SSSR count). The summed E-state index contributed by atoms with van der Waals surface area (Å²) in [5.41, 5.74) is 0. The molecule has 0 radical (unpaired) electrons. The van der Waals surface area contributed by atoms with E-state index in [1.807, 2.05) is 0 Å². The number of rotatable bonds is 2. The second-order valence-electron chi connectivity index (χ2n) is 3.58. The molecule has 0 heterocycles. The predicted octanol–water partition coefficient (Wildman–Crippen LogP) is 1.59. The molecule has 0 aliphatic heterocycles. The minimum Gasteiger partial charge on any atom is -0.450 e. The predicted molar refractivity (Wildman–Crippen MR) is 52.0 cm³/mol. The van der Waals surface area contributed by atoms with Gasteiger partial charge in [0.15, 0.2) is 0 Å². The summed E-state index contributed by atoms with van der Waals surface area (Å²) in [7, 11) is 1.73. The van der Waals surface area contributed by atoms with Gasteiger partial charge in [-0.2, -0.15) is 0 Å². The Kier molecular flexibility index (Phi) is 3.92. The minimum absolute atomic E-state index is 0.173. The molecule has 4 nitrogen and oxygen atoms in total. The Morgan fingerprint density at radius 3 is 2.57 bits per heavy atom. The molecule has 1 aliphatic carbocycles. The van der Waals surface area contributed by atoms with E-state index in [0.29, 0.717) is 25.2 Å². The van der Waals surface area contributed by atoms with Gasteiger partial charge in [-0.05, 0) is 19.8 Å². The molecule has 0 saturated heterocycles. The first-order chi connectivity index (χ1) is 6.65. The zero-order chi connectivity index (χ0) is 10.6. The summed E-state index contributed by atoms with van der Waals surface area (Å²) in [5, 5.41) is 0. The quantitative estimate of drug-likeness (QED) is 0.678. The zero-order valence-electron chi connectivity index (χ0n) is 8.78. The Labute approximate surface area is 84.2 Å². The minimum atomic E-state index is -0.285. The maximum Gasteiger partial charge on any atom is 0.409 e. The summed E-state index contributed by atoms with van der Waals surface area (Å²) >= 11 is 0. The molecule has 1 aliphatic rings. The van der Waals surface area contributed by atoms with E-state index in [2.05, 4.69) is 0 Å². The van der Waals surface area contributed by atoms with Crippen molar-refractivity contribution in [2.75, 3.05) is 13.7 Å². The molecule has 0 unspecified atom stereocenters. The number of hydrogen-bond donors (Lipinski definition) is 0. The number of Topliss-reactive ketones (excluding diaryl/α,β-unsaturated/α-hetero) is 1. The lowest BCUT2D eigenvalue weighted by Crippen LogP contribution is -2.39. The fraction of sp³-hybridized carbons (Fsp3) is 0.800. The summed E-state index contributed by atoms with van der Waals surface area (Å²) in [6.45, 7) is 2.19. The van der Waals surface area contributed by atoms with Crippen LogP contribution in [0.15, 0.2) is 0 Å². The van der Waals surface area contributed by atoms with Crippen LogP contribution in [0.1, 0.15) is 32.6 Å². The number of ether oxygens (including phenoxy) is 1. The molecule has 0 aromatic heterocycles. The van der Waals surface area contributed by atoms with Crippen molar-refractivity contribution in [2.45, 2.75) is 38.6 Å². The second-order valence-corrected chi connectivity index (χ2v) is 3.58. The van der Waals surface area contributed by atoms with Crippen LogP contribution < -0.4 is 0 Å². The van der Waals surface area contributed by atoms with E-state index in [1.165, 1.54) is 0 Å². The molecular formula is C10H17NO3. The first kappa shape index (κ1) is 11.0. The maximum atomic E-state index is 11.3. The Balaban J connectivity index is 2.40. The van der Waals surface area contributed by atoms with Crippen molar-refractivity contribution in [2.24, 2.45) is 0 Å². The highest BCUT2D eigenvalue weighted by Gasteiger charge is 2.25. The van der Waals surface area contributed by atoms with Gasteiger partial charge in [0.1, 0.15) is 5.78 Å². The van der Waals surface area contributed by atoms with Gasteiger partial charge in [0.2, 0.25) is 0 Å². The van der Waals surface area contributed by atoms with E-state index in [-0.39, 0.29) is 12.1 Å². The Hall–Kier alpha value is -1.06. The van der Waals surface area contributed by atoms with Crippen LogP contribution in [0.25, 0.3) is 0 Å². The lowest BCUT2D eigenvalue weighted by molar-refractivity contribution is -0.121. The van der Waals surface area contributed by atoms with Crippen molar-refractivity contribution in [1.29, 1.82) is 0 Å². The smallest absolute Gasteiger partial charge is 0.409 e. The first-order valence-corrected chi connectivity index (χ1v) is 5.06. The highest BCUT2D eigenvalue weighted by Crippen LogP contribution is 2.19. The monoisotopic (exact) mass is 199 g/mol. The van der Waals surface area contributed by atoms with Crippen molar-refractivity contribution < 1.29 is 14.3 Å². The summed E-state index contributed by atoms with van der Waals surface area (Å²) < 4.78 is 4.89. The SMILES string of the molecule is CCOC(=O)N(C)C1CCC(=O)CC1. The molecule has 0 spiro atoms. The highest BCUT2D eigenvalue weighted by atomic mass is 16.6. The molecule has 14 heavy (non-hydrogen) atoms. The van der Waals surface area contributed by atoms with Crippen molar-refractivity contribution in [3.8, 4) is 0 Å². The van der Waals surface area contributed by atoms with Gasteiger partial charge in [-0.25, -0.2) is 4.79 Å². The third kappa shape index (κ3) is 2.72. The maximum absolute atomic E-state index is 11.3. The van der Waals surface area contributed by atoms with Gasteiger partial charge in [0, 0.05) is 25.9 Å². The third-order valence-electron chi connectivity index (χ3n) is 2.62. The molecule has 0 atom stereocenters. The summed E-state index contributed by atoms with van der Waals surface area (Å²) in [4.78, 5) is 23.9.